The van der Waals surface area contributed by atoms with E-state index in [1.165, 1.54) is 13.2 Å². The number of esters is 1. The normalized spacial score (nSPS) is 25.6. The average Bonchev–Trinajstić information content (AvgIpc) is 3.13. The number of ether oxygens (including phenoxy) is 1. The van der Waals surface area contributed by atoms with Crippen LogP contribution in [-0.2, 0) is 19.1 Å². The van der Waals surface area contributed by atoms with Gasteiger partial charge in [0, 0.05) is 13.1 Å². The monoisotopic (exact) mass is 280 g/mol. The van der Waals surface area contributed by atoms with Gasteiger partial charge in [0.2, 0.25) is 11.8 Å². The van der Waals surface area contributed by atoms with Crippen LogP contribution < -0.4 is 0 Å². The van der Waals surface area contributed by atoms with Crippen molar-refractivity contribution in [2.45, 2.75) is 37.8 Å². The number of methoxy groups -OCH3 is 1. The Hall–Kier alpha value is -1.85. The number of amides is 2. The highest BCUT2D eigenvalue weighted by Crippen LogP contribution is 2.25. The van der Waals surface area contributed by atoms with Crippen LogP contribution in [0.25, 0.3) is 0 Å². The zero-order valence-electron chi connectivity index (χ0n) is 11.7. The molecule has 2 atom stereocenters. The minimum absolute atomic E-state index is 0.148. The number of hydrogen-bond donors (Lipinski definition) is 0. The molecule has 110 valence electrons. The van der Waals surface area contributed by atoms with Gasteiger partial charge in [0.25, 0.3) is 0 Å². The van der Waals surface area contributed by atoms with E-state index in [1.54, 1.807) is 9.80 Å². The second kappa shape index (κ2) is 6.07. The molecular weight excluding hydrogens is 260 g/mol. The molecule has 2 amide bonds. The molecule has 0 aromatic carbocycles. The van der Waals surface area contributed by atoms with Gasteiger partial charge in [-0.05, 0) is 31.8 Å². The first-order valence-corrected chi connectivity index (χ1v) is 6.91. The lowest BCUT2D eigenvalue weighted by molar-refractivity contribution is -0.153. The van der Waals surface area contributed by atoms with Gasteiger partial charge >= 0.3 is 5.97 Å². The molecular formula is C14H20N2O4. The number of hydrogen-bond acceptors (Lipinski definition) is 4. The fourth-order valence-corrected chi connectivity index (χ4v) is 3.01. The number of likely N-dealkylation sites (tertiary alicyclic amines) is 2. The summed E-state index contributed by atoms with van der Waals surface area (Å²) in [5.41, 5.74) is 0. The van der Waals surface area contributed by atoms with Gasteiger partial charge in [-0.3, -0.25) is 9.59 Å². The van der Waals surface area contributed by atoms with Crippen LogP contribution in [0.4, 0.5) is 0 Å². The smallest absolute Gasteiger partial charge is 0.328 e. The Balaban J connectivity index is 2.11. The number of nitrogens with zero attached hydrogens (tertiary/aromatic N) is 2. The Morgan fingerprint density at radius 3 is 2.30 bits per heavy atom. The standard InChI is InChI=1S/C14H20N2O4/c1-3-12(17)15-8-4-6-10(15)13(18)16-9-5-7-11(16)14(19)20-2/h3,10-11H,1,4-9H2,2H3/t10-,11-/m0/s1. The van der Waals surface area contributed by atoms with Gasteiger partial charge in [-0.1, -0.05) is 6.58 Å². The van der Waals surface area contributed by atoms with Gasteiger partial charge in [-0.2, -0.15) is 0 Å². The van der Waals surface area contributed by atoms with Gasteiger partial charge in [-0.25, -0.2) is 4.79 Å². The first-order chi connectivity index (χ1) is 9.60. The largest absolute Gasteiger partial charge is 0.467 e. The summed E-state index contributed by atoms with van der Waals surface area (Å²) in [6.45, 7) is 4.58. The quantitative estimate of drug-likeness (QED) is 0.552. The molecule has 0 aliphatic carbocycles. The third-order valence-electron chi connectivity index (χ3n) is 4.00. The van der Waals surface area contributed by atoms with E-state index < -0.39 is 12.1 Å². The maximum Gasteiger partial charge on any atom is 0.328 e. The van der Waals surface area contributed by atoms with Crippen LogP contribution in [0, 0.1) is 0 Å². The number of rotatable bonds is 3. The lowest BCUT2D eigenvalue weighted by Gasteiger charge is -2.29. The Bertz CT molecular complexity index is 435. The molecule has 6 heteroatoms. The fraction of sp³-hybridized carbons (Fsp3) is 0.643. The van der Waals surface area contributed by atoms with Gasteiger partial charge in [0.15, 0.2) is 0 Å². The summed E-state index contributed by atoms with van der Waals surface area (Å²) in [5, 5.41) is 0. The van der Waals surface area contributed by atoms with E-state index in [0.29, 0.717) is 25.9 Å². The van der Waals surface area contributed by atoms with Crippen molar-refractivity contribution in [2.24, 2.45) is 0 Å². The summed E-state index contributed by atoms with van der Waals surface area (Å²) in [6, 6.07) is -0.973. The predicted molar refractivity (Wildman–Crippen MR) is 71.7 cm³/mol. The average molecular weight is 280 g/mol. The van der Waals surface area contributed by atoms with E-state index in [4.69, 9.17) is 4.74 Å². The fourth-order valence-electron chi connectivity index (χ4n) is 3.01. The first-order valence-electron chi connectivity index (χ1n) is 6.91. The molecule has 2 saturated heterocycles. The van der Waals surface area contributed by atoms with Crippen LogP contribution in [0.2, 0.25) is 0 Å². The van der Waals surface area contributed by atoms with Crippen LogP contribution >= 0.6 is 0 Å². The molecule has 2 aliphatic heterocycles. The summed E-state index contributed by atoms with van der Waals surface area (Å²) >= 11 is 0. The predicted octanol–water partition coefficient (Wildman–Crippen LogP) is 0.327. The molecule has 0 aromatic heterocycles. The van der Waals surface area contributed by atoms with E-state index in [-0.39, 0.29) is 17.8 Å². The Morgan fingerprint density at radius 1 is 1.10 bits per heavy atom. The van der Waals surface area contributed by atoms with Crippen molar-refractivity contribution in [3.8, 4) is 0 Å². The Morgan fingerprint density at radius 2 is 1.70 bits per heavy atom. The van der Waals surface area contributed by atoms with Crippen molar-refractivity contribution in [2.75, 3.05) is 20.2 Å². The third-order valence-corrected chi connectivity index (χ3v) is 4.00. The van der Waals surface area contributed by atoms with Crippen molar-refractivity contribution in [3.05, 3.63) is 12.7 Å². The van der Waals surface area contributed by atoms with Gasteiger partial charge in [-0.15, -0.1) is 0 Å². The van der Waals surface area contributed by atoms with Crippen LogP contribution in [0.5, 0.6) is 0 Å². The lowest BCUT2D eigenvalue weighted by atomic mass is 10.1. The molecule has 0 N–H and O–H groups in total. The molecule has 2 aliphatic rings. The highest BCUT2D eigenvalue weighted by atomic mass is 16.5. The maximum absolute atomic E-state index is 12.6. The van der Waals surface area contributed by atoms with Gasteiger partial charge in [0.05, 0.1) is 7.11 Å². The SMILES string of the molecule is C=CC(=O)N1CCC[C@H]1C(=O)N1CCC[C@H]1C(=O)OC. The number of carbonyl (C=O) groups is 3. The summed E-state index contributed by atoms with van der Waals surface area (Å²) in [6.07, 6.45) is 4.08. The summed E-state index contributed by atoms with van der Waals surface area (Å²) in [5.74, 6) is -0.754. The van der Waals surface area contributed by atoms with E-state index in [0.717, 1.165) is 12.8 Å². The van der Waals surface area contributed by atoms with Crippen molar-refractivity contribution < 1.29 is 19.1 Å². The van der Waals surface area contributed by atoms with Gasteiger partial charge < -0.3 is 14.5 Å². The van der Waals surface area contributed by atoms with Crippen LogP contribution in [-0.4, -0.2) is 59.9 Å². The Labute approximate surface area is 118 Å². The molecule has 0 radical (unpaired) electrons. The first kappa shape index (κ1) is 14.6. The minimum atomic E-state index is -0.506. The van der Waals surface area contributed by atoms with E-state index in [1.807, 2.05) is 0 Å². The Kier molecular flexibility index (Phi) is 4.42. The molecule has 0 aromatic rings. The van der Waals surface area contributed by atoms with Crippen LogP contribution in [0.15, 0.2) is 12.7 Å². The summed E-state index contributed by atoms with van der Waals surface area (Å²) < 4.78 is 4.74. The molecule has 20 heavy (non-hydrogen) atoms. The third kappa shape index (κ3) is 2.55. The molecule has 2 fully saturated rings. The molecule has 0 unspecified atom stereocenters. The maximum atomic E-state index is 12.6. The second-order valence-corrected chi connectivity index (χ2v) is 5.11. The summed E-state index contributed by atoms with van der Waals surface area (Å²) in [7, 11) is 1.33. The number of carbonyl (C=O) groups excluding carboxylic acids is 3. The van der Waals surface area contributed by atoms with Crippen molar-refractivity contribution in [1.82, 2.24) is 9.80 Å². The zero-order chi connectivity index (χ0) is 14.7. The molecule has 0 spiro atoms. The molecule has 0 saturated carbocycles. The highest BCUT2D eigenvalue weighted by molar-refractivity contribution is 5.94. The second-order valence-electron chi connectivity index (χ2n) is 5.11. The molecule has 2 heterocycles. The topological polar surface area (TPSA) is 66.9 Å². The van der Waals surface area contributed by atoms with E-state index in [9.17, 15) is 14.4 Å². The lowest BCUT2D eigenvalue weighted by Crippen LogP contribution is -2.50. The van der Waals surface area contributed by atoms with E-state index in [2.05, 4.69) is 6.58 Å². The minimum Gasteiger partial charge on any atom is -0.467 e. The highest BCUT2D eigenvalue weighted by Gasteiger charge is 2.41. The summed E-state index contributed by atoms with van der Waals surface area (Å²) in [4.78, 5) is 39.2. The molecule has 2 rings (SSSR count). The zero-order valence-corrected chi connectivity index (χ0v) is 11.7. The van der Waals surface area contributed by atoms with Crippen LogP contribution in [0.3, 0.4) is 0 Å². The van der Waals surface area contributed by atoms with Crippen molar-refractivity contribution in [1.29, 1.82) is 0 Å². The van der Waals surface area contributed by atoms with Crippen molar-refractivity contribution >= 4 is 17.8 Å². The molecule has 0 bridgehead atoms. The van der Waals surface area contributed by atoms with Crippen molar-refractivity contribution in [3.63, 3.8) is 0 Å². The van der Waals surface area contributed by atoms with Crippen LogP contribution in [0.1, 0.15) is 25.7 Å². The molecule has 6 nitrogen and oxygen atoms in total. The van der Waals surface area contributed by atoms with E-state index >= 15 is 0 Å². The van der Waals surface area contributed by atoms with Gasteiger partial charge in [0.1, 0.15) is 12.1 Å².